The van der Waals surface area contributed by atoms with Crippen molar-refractivity contribution in [1.82, 2.24) is 0 Å². The highest BCUT2D eigenvalue weighted by Crippen LogP contribution is 2.31. The van der Waals surface area contributed by atoms with E-state index in [0.717, 1.165) is 25.2 Å². The lowest BCUT2D eigenvalue weighted by Gasteiger charge is -2.25. The van der Waals surface area contributed by atoms with Crippen LogP contribution >= 0.6 is 0 Å². The average Bonchev–Trinajstić information content (AvgIpc) is 2.35. The van der Waals surface area contributed by atoms with Crippen molar-refractivity contribution < 1.29 is 0 Å². The highest BCUT2D eigenvalue weighted by Gasteiger charge is 2.22. The van der Waals surface area contributed by atoms with Crippen LogP contribution in [0.15, 0.2) is 29.3 Å². The third-order valence-electron chi connectivity index (χ3n) is 3.24. The van der Waals surface area contributed by atoms with Gasteiger partial charge in [0.1, 0.15) is 5.84 Å². The number of hydrogen-bond acceptors (Lipinski definition) is 1. The smallest absolute Gasteiger partial charge is 0.101 e. The predicted octanol–water partition coefficient (Wildman–Crippen LogP) is 2.87. The minimum Gasteiger partial charge on any atom is -0.387 e. The van der Waals surface area contributed by atoms with Crippen molar-refractivity contribution in [3.8, 4) is 0 Å². The summed E-state index contributed by atoms with van der Waals surface area (Å²) in [6, 6.07) is 8.63. The Morgan fingerprint density at radius 1 is 1.44 bits per heavy atom. The standard InChI is InChI=1S/C14H20N2/c1-2-10-16-14(15)13-9-5-7-11-6-3-4-8-12(11)13/h3-4,6,8,13H,2,5,7,9-10H2,1H3,(H2,15,16). The molecule has 2 rings (SSSR count). The SMILES string of the molecule is CCCN=C(N)C1CCCc2ccccc21. The van der Waals surface area contributed by atoms with Crippen LogP contribution in [-0.4, -0.2) is 12.4 Å². The summed E-state index contributed by atoms with van der Waals surface area (Å²) in [6.45, 7) is 2.98. The maximum absolute atomic E-state index is 6.10. The van der Waals surface area contributed by atoms with Crippen LogP contribution < -0.4 is 5.73 Å². The Morgan fingerprint density at radius 3 is 3.06 bits per heavy atom. The summed E-state index contributed by atoms with van der Waals surface area (Å²) in [6.07, 6.45) is 4.63. The van der Waals surface area contributed by atoms with E-state index < -0.39 is 0 Å². The van der Waals surface area contributed by atoms with Gasteiger partial charge < -0.3 is 5.73 Å². The van der Waals surface area contributed by atoms with Gasteiger partial charge in [0.25, 0.3) is 0 Å². The summed E-state index contributed by atoms with van der Waals surface area (Å²) in [7, 11) is 0. The van der Waals surface area contributed by atoms with Crippen LogP contribution in [0.5, 0.6) is 0 Å². The highest BCUT2D eigenvalue weighted by molar-refractivity contribution is 5.88. The molecule has 1 aliphatic carbocycles. The third-order valence-corrected chi connectivity index (χ3v) is 3.24. The van der Waals surface area contributed by atoms with E-state index in [4.69, 9.17) is 5.73 Å². The molecule has 0 radical (unpaired) electrons. The average molecular weight is 216 g/mol. The van der Waals surface area contributed by atoms with E-state index in [2.05, 4.69) is 36.2 Å². The monoisotopic (exact) mass is 216 g/mol. The Labute approximate surface area is 97.6 Å². The molecule has 2 N–H and O–H groups in total. The van der Waals surface area contributed by atoms with Gasteiger partial charge in [0.05, 0.1) is 0 Å². The van der Waals surface area contributed by atoms with E-state index in [1.54, 1.807) is 0 Å². The number of fused-ring (bicyclic) bond motifs is 1. The number of nitrogens with two attached hydrogens (primary N) is 1. The lowest BCUT2D eigenvalue weighted by molar-refractivity contribution is 0.644. The molecular formula is C14H20N2. The van der Waals surface area contributed by atoms with E-state index in [0.29, 0.717) is 5.92 Å². The Bertz CT molecular complexity index is 382. The fourth-order valence-corrected chi connectivity index (χ4v) is 2.41. The minimum atomic E-state index is 0.358. The van der Waals surface area contributed by atoms with Crippen molar-refractivity contribution in [2.75, 3.05) is 6.54 Å². The number of benzene rings is 1. The van der Waals surface area contributed by atoms with E-state index in [-0.39, 0.29) is 0 Å². The lowest BCUT2D eigenvalue weighted by Crippen LogP contribution is -2.25. The number of nitrogens with zero attached hydrogens (tertiary/aromatic N) is 1. The zero-order valence-electron chi connectivity index (χ0n) is 9.95. The van der Waals surface area contributed by atoms with Gasteiger partial charge >= 0.3 is 0 Å². The van der Waals surface area contributed by atoms with E-state index in [1.165, 1.54) is 24.0 Å². The Morgan fingerprint density at radius 2 is 2.25 bits per heavy atom. The van der Waals surface area contributed by atoms with Crippen LogP contribution in [0.4, 0.5) is 0 Å². The van der Waals surface area contributed by atoms with E-state index in [9.17, 15) is 0 Å². The summed E-state index contributed by atoms with van der Waals surface area (Å²) >= 11 is 0. The number of rotatable bonds is 3. The van der Waals surface area contributed by atoms with Crippen LogP contribution in [-0.2, 0) is 6.42 Å². The van der Waals surface area contributed by atoms with Crippen LogP contribution in [0.3, 0.4) is 0 Å². The molecule has 0 saturated carbocycles. The number of aryl methyl sites for hydroxylation is 1. The first kappa shape index (κ1) is 11.2. The van der Waals surface area contributed by atoms with Crippen molar-refractivity contribution in [3.05, 3.63) is 35.4 Å². The third kappa shape index (κ3) is 2.26. The molecule has 1 unspecified atom stereocenters. The van der Waals surface area contributed by atoms with Gasteiger partial charge in [-0.2, -0.15) is 0 Å². The maximum atomic E-state index is 6.10. The highest BCUT2D eigenvalue weighted by atomic mass is 14.9. The molecule has 1 aromatic rings. The molecule has 2 heteroatoms. The fraction of sp³-hybridized carbons (Fsp3) is 0.500. The minimum absolute atomic E-state index is 0.358. The molecule has 16 heavy (non-hydrogen) atoms. The molecule has 86 valence electrons. The number of hydrogen-bond donors (Lipinski definition) is 1. The summed E-state index contributed by atoms with van der Waals surface area (Å²) < 4.78 is 0. The second-order valence-corrected chi connectivity index (χ2v) is 4.45. The van der Waals surface area contributed by atoms with Crippen LogP contribution in [0.1, 0.15) is 43.2 Å². The molecular weight excluding hydrogens is 196 g/mol. The zero-order valence-corrected chi connectivity index (χ0v) is 9.95. The van der Waals surface area contributed by atoms with Gasteiger partial charge in [0.2, 0.25) is 0 Å². The summed E-state index contributed by atoms with van der Waals surface area (Å²) in [5.41, 5.74) is 8.95. The van der Waals surface area contributed by atoms with Crippen molar-refractivity contribution in [3.63, 3.8) is 0 Å². The Hall–Kier alpha value is -1.31. The van der Waals surface area contributed by atoms with Gasteiger partial charge in [-0.15, -0.1) is 0 Å². The van der Waals surface area contributed by atoms with Gasteiger partial charge in [-0.3, -0.25) is 4.99 Å². The molecule has 0 aliphatic heterocycles. The fourth-order valence-electron chi connectivity index (χ4n) is 2.41. The number of amidine groups is 1. The molecule has 0 saturated heterocycles. The molecule has 0 heterocycles. The summed E-state index contributed by atoms with van der Waals surface area (Å²) in [4.78, 5) is 4.46. The molecule has 1 aliphatic rings. The molecule has 0 aromatic heterocycles. The Balaban J connectivity index is 2.24. The molecule has 0 amide bonds. The van der Waals surface area contributed by atoms with Crippen molar-refractivity contribution in [1.29, 1.82) is 0 Å². The van der Waals surface area contributed by atoms with Crippen molar-refractivity contribution >= 4 is 5.84 Å². The van der Waals surface area contributed by atoms with Gasteiger partial charge in [0, 0.05) is 12.5 Å². The maximum Gasteiger partial charge on any atom is 0.101 e. The van der Waals surface area contributed by atoms with Gasteiger partial charge in [0.15, 0.2) is 0 Å². The molecule has 0 spiro atoms. The molecule has 1 aromatic carbocycles. The van der Waals surface area contributed by atoms with Gasteiger partial charge in [-0.05, 0) is 36.8 Å². The van der Waals surface area contributed by atoms with Crippen molar-refractivity contribution in [2.45, 2.75) is 38.5 Å². The second kappa shape index (κ2) is 5.15. The predicted molar refractivity (Wildman–Crippen MR) is 68.9 cm³/mol. The quantitative estimate of drug-likeness (QED) is 0.612. The zero-order chi connectivity index (χ0) is 11.4. The summed E-state index contributed by atoms with van der Waals surface area (Å²) in [5.74, 6) is 1.19. The number of aliphatic imine (C=N–C) groups is 1. The first-order valence-electron chi connectivity index (χ1n) is 6.20. The van der Waals surface area contributed by atoms with Gasteiger partial charge in [-0.1, -0.05) is 31.2 Å². The largest absolute Gasteiger partial charge is 0.387 e. The molecule has 1 atom stereocenters. The summed E-state index contributed by atoms with van der Waals surface area (Å²) in [5, 5.41) is 0. The molecule has 0 bridgehead atoms. The molecule has 2 nitrogen and oxygen atoms in total. The van der Waals surface area contributed by atoms with Crippen molar-refractivity contribution in [2.24, 2.45) is 10.7 Å². The van der Waals surface area contributed by atoms with E-state index in [1.807, 2.05) is 0 Å². The van der Waals surface area contributed by atoms with Crippen LogP contribution in [0.2, 0.25) is 0 Å². The van der Waals surface area contributed by atoms with Crippen LogP contribution in [0.25, 0.3) is 0 Å². The normalized spacial score (nSPS) is 20.6. The lowest BCUT2D eigenvalue weighted by atomic mass is 9.82. The Kier molecular flexibility index (Phi) is 3.60. The van der Waals surface area contributed by atoms with E-state index >= 15 is 0 Å². The van der Waals surface area contributed by atoms with Gasteiger partial charge in [-0.25, -0.2) is 0 Å². The second-order valence-electron chi connectivity index (χ2n) is 4.45. The first-order valence-corrected chi connectivity index (χ1v) is 6.20. The molecule has 0 fully saturated rings. The topological polar surface area (TPSA) is 38.4 Å². The van der Waals surface area contributed by atoms with Crippen LogP contribution in [0, 0.1) is 0 Å². The first-order chi connectivity index (χ1) is 7.83.